The minimum atomic E-state index is -0.503. The SMILES string of the molecule is COC(=O)c1cc(CNC(=O)c2cnc(-c3ccccc3Cl)s2)ccc1OC. The average molecular weight is 417 g/mol. The Labute approximate surface area is 171 Å². The third-order valence-electron chi connectivity index (χ3n) is 3.96. The summed E-state index contributed by atoms with van der Waals surface area (Å²) in [6.07, 6.45) is 1.52. The van der Waals surface area contributed by atoms with Gasteiger partial charge in [-0.15, -0.1) is 11.3 Å². The molecule has 0 aliphatic carbocycles. The van der Waals surface area contributed by atoms with Crippen molar-refractivity contribution in [3.05, 3.63) is 69.7 Å². The van der Waals surface area contributed by atoms with Crippen LogP contribution in [0.3, 0.4) is 0 Å². The second-order valence-corrected chi connectivity index (χ2v) is 7.16. The van der Waals surface area contributed by atoms with E-state index in [9.17, 15) is 9.59 Å². The number of nitrogens with zero attached hydrogens (tertiary/aromatic N) is 1. The molecule has 0 fully saturated rings. The highest BCUT2D eigenvalue weighted by atomic mass is 35.5. The van der Waals surface area contributed by atoms with Gasteiger partial charge < -0.3 is 14.8 Å². The zero-order valence-corrected chi connectivity index (χ0v) is 16.8. The Bertz CT molecular complexity index is 1020. The lowest BCUT2D eigenvalue weighted by Crippen LogP contribution is -2.22. The summed E-state index contributed by atoms with van der Waals surface area (Å²) in [5, 5.41) is 4.08. The second kappa shape index (κ2) is 8.86. The minimum absolute atomic E-state index is 0.242. The first-order chi connectivity index (χ1) is 13.5. The van der Waals surface area contributed by atoms with Gasteiger partial charge in [0, 0.05) is 12.1 Å². The molecule has 1 aromatic heterocycles. The van der Waals surface area contributed by atoms with Crippen LogP contribution in [-0.4, -0.2) is 31.1 Å². The Morgan fingerprint density at radius 2 is 1.96 bits per heavy atom. The van der Waals surface area contributed by atoms with Gasteiger partial charge in [-0.25, -0.2) is 9.78 Å². The minimum Gasteiger partial charge on any atom is -0.496 e. The number of halogens is 1. The number of thiazole rings is 1. The van der Waals surface area contributed by atoms with E-state index in [2.05, 4.69) is 10.3 Å². The molecule has 1 amide bonds. The van der Waals surface area contributed by atoms with E-state index in [0.29, 0.717) is 26.2 Å². The van der Waals surface area contributed by atoms with Crippen LogP contribution in [0.2, 0.25) is 5.02 Å². The first kappa shape index (κ1) is 19.9. The van der Waals surface area contributed by atoms with Crippen LogP contribution in [-0.2, 0) is 11.3 Å². The molecular formula is C20H17ClN2O4S. The highest BCUT2D eigenvalue weighted by Gasteiger charge is 2.16. The van der Waals surface area contributed by atoms with E-state index in [-0.39, 0.29) is 12.5 Å². The number of carbonyl (C=O) groups is 2. The van der Waals surface area contributed by atoms with Crippen molar-refractivity contribution in [2.24, 2.45) is 0 Å². The number of methoxy groups -OCH3 is 2. The van der Waals surface area contributed by atoms with Crippen LogP contribution < -0.4 is 10.1 Å². The van der Waals surface area contributed by atoms with Crippen molar-refractivity contribution in [1.82, 2.24) is 10.3 Å². The third-order valence-corrected chi connectivity index (χ3v) is 5.31. The molecular weight excluding hydrogens is 400 g/mol. The number of benzene rings is 2. The van der Waals surface area contributed by atoms with Crippen molar-refractivity contribution in [2.45, 2.75) is 6.54 Å². The number of hydrogen-bond acceptors (Lipinski definition) is 6. The monoisotopic (exact) mass is 416 g/mol. The second-order valence-electron chi connectivity index (χ2n) is 5.72. The Morgan fingerprint density at radius 1 is 1.18 bits per heavy atom. The fraction of sp³-hybridized carbons (Fsp3) is 0.150. The molecule has 0 spiro atoms. The number of amides is 1. The van der Waals surface area contributed by atoms with Crippen molar-refractivity contribution in [1.29, 1.82) is 0 Å². The largest absolute Gasteiger partial charge is 0.496 e. The molecule has 0 atom stereocenters. The molecule has 3 rings (SSSR count). The van der Waals surface area contributed by atoms with E-state index >= 15 is 0 Å². The Hall–Kier alpha value is -2.90. The van der Waals surface area contributed by atoms with Crippen LogP contribution in [0.4, 0.5) is 0 Å². The van der Waals surface area contributed by atoms with Crippen LogP contribution in [0.15, 0.2) is 48.7 Å². The van der Waals surface area contributed by atoms with Crippen LogP contribution in [0.5, 0.6) is 5.75 Å². The van der Waals surface area contributed by atoms with E-state index in [4.69, 9.17) is 21.1 Å². The lowest BCUT2D eigenvalue weighted by Gasteiger charge is -2.09. The van der Waals surface area contributed by atoms with Crippen LogP contribution in [0, 0.1) is 0 Å². The number of rotatable bonds is 6. The van der Waals surface area contributed by atoms with Crippen molar-refractivity contribution in [3.63, 3.8) is 0 Å². The molecule has 28 heavy (non-hydrogen) atoms. The predicted molar refractivity (Wildman–Crippen MR) is 108 cm³/mol. The van der Waals surface area contributed by atoms with Gasteiger partial charge in [-0.1, -0.05) is 35.9 Å². The lowest BCUT2D eigenvalue weighted by atomic mass is 10.1. The smallest absolute Gasteiger partial charge is 0.341 e. The topological polar surface area (TPSA) is 77.5 Å². The first-order valence-electron chi connectivity index (χ1n) is 8.27. The van der Waals surface area contributed by atoms with Gasteiger partial charge in [-0.05, 0) is 23.8 Å². The molecule has 6 nitrogen and oxygen atoms in total. The standard InChI is InChI=1S/C20H17ClN2O4S/c1-26-16-8-7-12(9-14(16)20(25)27-2)10-22-18(24)17-11-23-19(28-17)13-5-3-4-6-15(13)21/h3-9,11H,10H2,1-2H3,(H,22,24). The Kier molecular flexibility index (Phi) is 6.28. The molecule has 1 heterocycles. The quantitative estimate of drug-likeness (QED) is 0.609. The number of nitrogens with one attached hydrogen (secondary N) is 1. The molecule has 1 N–H and O–H groups in total. The molecule has 8 heteroatoms. The van der Waals surface area contributed by atoms with Crippen molar-refractivity contribution in [3.8, 4) is 16.3 Å². The number of ether oxygens (including phenoxy) is 2. The molecule has 2 aromatic carbocycles. The van der Waals surface area contributed by atoms with E-state index in [1.54, 1.807) is 24.3 Å². The van der Waals surface area contributed by atoms with Gasteiger partial charge in [-0.2, -0.15) is 0 Å². The number of aromatic nitrogens is 1. The highest BCUT2D eigenvalue weighted by Crippen LogP contribution is 2.31. The molecule has 0 radical (unpaired) electrons. The van der Waals surface area contributed by atoms with E-state index in [1.165, 1.54) is 31.8 Å². The lowest BCUT2D eigenvalue weighted by molar-refractivity contribution is 0.0597. The van der Waals surface area contributed by atoms with Crippen molar-refractivity contribution in [2.75, 3.05) is 14.2 Å². The van der Waals surface area contributed by atoms with E-state index < -0.39 is 5.97 Å². The van der Waals surface area contributed by atoms with Crippen LogP contribution >= 0.6 is 22.9 Å². The predicted octanol–water partition coefficient (Wildman–Crippen LogP) is 4.19. The highest BCUT2D eigenvalue weighted by molar-refractivity contribution is 7.17. The molecule has 0 aliphatic rings. The molecule has 144 valence electrons. The maximum atomic E-state index is 12.5. The van der Waals surface area contributed by atoms with Crippen LogP contribution in [0.25, 0.3) is 10.6 Å². The molecule has 0 saturated carbocycles. The molecule has 3 aromatic rings. The summed E-state index contributed by atoms with van der Waals surface area (Å²) >= 11 is 7.44. The maximum absolute atomic E-state index is 12.5. The van der Waals surface area contributed by atoms with Gasteiger partial charge in [0.2, 0.25) is 0 Å². The van der Waals surface area contributed by atoms with Gasteiger partial charge in [0.05, 0.1) is 25.4 Å². The third kappa shape index (κ3) is 4.32. The first-order valence-corrected chi connectivity index (χ1v) is 9.47. The molecule has 0 saturated heterocycles. The van der Waals surface area contributed by atoms with E-state index in [0.717, 1.165) is 11.1 Å². The molecule has 0 unspecified atom stereocenters. The number of esters is 1. The maximum Gasteiger partial charge on any atom is 0.341 e. The van der Waals surface area contributed by atoms with Gasteiger partial charge in [0.15, 0.2) is 0 Å². The van der Waals surface area contributed by atoms with Gasteiger partial charge in [0.1, 0.15) is 21.2 Å². The fourth-order valence-electron chi connectivity index (χ4n) is 2.54. The summed E-state index contributed by atoms with van der Waals surface area (Å²) in [5.74, 6) is -0.350. The number of hydrogen-bond donors (Lipinski definition) is 1. The summed E-state index contributed by atoms with van der Waals surface area (Å²) in [6.45, 7) is 0.242. The van der Waals surface area contributed by atoms with Crippen molar-refractivity contribution < 1.29 is 19.1 Å². The Morgan fingerprint density at radius 3 is 2.68 bits per heavy atom. The van der Waals surface area contributed by atoms with Crippen LogP contribution in [0.1, 0.15) is 25.6 Å². The van der Waals surface area contributed by atoms with Gasteiger partial charge in [0.25, 0.3) is 5.91 Å². The zero-order chi connectivity index (χ0) is 20.1. The summed E-state index contributed by atoms with van der Waals surface area (Å²) in [6, 6.07) is 12.4. The summed E-state index contributed by atoms with van der Waals surface area (Å²) in [4.78, 5) is 29.1. The summed E-state index contributed by atoms with van der Waals surface area (Å²) < 4.78 is 9.93. The van der Waals surface area contributed by atoms with Gasteiger partial charge >= 0.3 is 5.97 Å². The number of carbonyl (C=O) groups excluding carboxylic acids is 2. The van der Waals surface area contributed by atoms with Gasteiger partial charge in [-0.3, -0.25) is 4.79 Å². The van der Waals surface area contributed by atoms with Crippen molar-refractivity contribution >= 4 is 34.8 Å². The summed E-state index contributed by atoms with van der Waals surface area (Å²) in [5.41, 5.74) is 1.83. The van der Waals surface area contributed by atoms with E-state index in [1.807, 2.05) is 18.2 Å². The average Bonchev–Trinajstić information content (AvgIpc) is 3.21. The fourth-order valence-corrected chi connectivity index (χ4v) is 3.70. The molecule has 0 bridgehead atoms. The molecule has 0 aliphatic heterocycles. The summed E-state index contributed by atoms with van der Waals surface area (Å²) in [7, 11) is 2.78. The normalized spacial score (nSPS) is 10.4. The zero-order valence-electron chi connectivity index (χ0n) is 15.2. The Balaban J connectivity index is 1.71.